The first-order valence-electron chi connectivity index (χ1n) is 8.10. The van der Waals surface area contributed by atoms with Crippen LogP contribution in [0.15, 0.2) is 12.1 Å². The first-order valence-corrected chi connectivity index (χ1v) is 8.10. The fourth-order valence-electron chi connectivity index (χ4n) is 3.56. The molecule has 0 saturated heterocycles. The Morgan fingerprint density at radius 3 is 2.72 bits per heavy atom. The highest BCUT2D eigenvalue weighted by Gasteiger charge is 2.32. The zero-order valence-corrected chi connectivity index (χ0v) is 14.0. The number of aromatic hydroxyl groups is 1. The number of hydrogen-bond donors (Lipinski definition) is 6. The molecule has 25 heavy (non-hydrogen) atoms. The van der Waals surface area contributed by atoms with Gasteiger partial charge in [-0.25, -0.2) is 0 Å². The van der Waals surface area contributed by atoms with Crippen molar-refractivity contribution in [2.75, 3.05) is 6.54 Å². The van der Waals surface area contributed by atoms with Crippen molar-refractivity contribution in [1.82, 2.24) is 15.6 Å². The van der Waals surface area contributed by atoms with Gasteiger partial charge in [0.05, 0.1) is 6.54 Å². The number of carbonyl (C=O) groups is 2. The molecular formula is C17H21N3O5. The van der Waals surface area contributed by atoms with E-state index in [1.54, 1.807) is 19.1 Å². The van der Waals surface area contributed by atoms with Crippen LogP contribution in [-0.2, 0) is 16.0 Å². The highest BCUT2D eigenvalue weighted by molar-refractivity contribution is 5.91. The average Bonchev–Trinajstić information content (AvgIpc) is 2.92. The van der Waals surface area contributed by atoms with Crippen molar-refractivity contribution >= 4 is 22.8 Å². The molecule has 0 fully saturated rings. The maximum Gasteiger partial charge on any atom is 0.321 e. The lowest BCUT2D eigenvalue weighted by Crippen LogP contribution is -2.43. The van der Waals surface area contributed by atoms with Crippen molar-refractivity contribution in [1.29, 1.82) is 0 Å². The fourth-order valence-corrected chi connectivity index (χ4v) is 3.56. The number of H-pyrrole nitrogens is 1. The van der Waals surface area contributed by atoms with Crippen LogP contribution in [0.1, 0.15) is 42.8 Å². The van der Waals surface area contributed by atoms with Crippen molar-refractivity contribution in [2.24, 2.45) is 0 Å². The summed E-state index contributed by atoms with van der Waals surface area (Å²) >= 11 is 0. The van der Waals surface area contributed by atoms with E-state index in [-0.39, 0.29) is 24.8 Å². The number of aromatic amines is 1. The summed E-state index contributed by atoms with van der Waals surface area (Å²) in [6.45, 7) is 3.42. The highest BCUT2D eigenvalue weighted by atomic mass is 16.4. The molecule has 0 amide bonds. The second kappa shape index (κ2) is 6.38. The molecule has 3 atom stereocenters. The molecule has 0 spiro atoms. The normalized spacial score (nSPS) is 21.0. The van der Waals surface area contributed by atoms with Crippen LogP contribution in [0.2, 0.25) is 0 Å². The van der Waals surface area contributed by atoms with Crippen LogP contribution in [0.5, 0.6) is 5.75 Å². The largest absolute Gasteiger partial charge is 0.508 e. The fraction of sp³-hybridized carbons (Fsp3) is 0.412. The van der Waals surface area contributed by atoms with Crippen molar-refractivity contribution in [3.05, 3.63) is 29.0 Å². The van der Waals surface area contributed by atoms with Crippen LogP contribution in [0.3, 0.4) is 0 Å². The molecule has 0 radical (unpaired) electrons. The number of carboxylic acids is 2. The predicted octanol–water partition coefficient (Wildman–Crippen LogP) is 1.27. The first-order chi connectivity index (χ1) is 11.8. The Morgan fingerprint density at radius 1 is 1.36 bits per heavy atom. The zero-order valence-electron chi connectivity index (χ0n) is 14.0. The molecular weight excluding hydrogens is 326 g/mol. The molecule has 1 aliphatic rings. The molecule has 1 aliphatic heterocycles. The molecule has 8 nitrogen and oxygen atoms in total. The van der Waals surface area contributed by atoms with E-state index in [4.69, 9.17) is 5.11 Å². The third-order valence-corrected chi connectivity index (χ3v) is 4.70. The highest BCUT2D eigenvalue weighted by Crippen LogP contribution is 2.39. The summed E-state index contributed by atoms with van der Waals surface area (Å²) in [7, 11) is 0. The molecule has 134 valence electrons. The van der Waals surface area contributed by atoms with Gasteiger partial charge >= 0.3 is 11.9 Å². The van der Waals surface area contributed by atoms with Crippen molar-refractivity contribution in [3.63, 3.8) is 0 Å². The topological polar surface area (TPSA) is 135 Å². The predicted molar refractivity (Wildman–Crippen MR) is 90.7 cm³/mol. The number of phenolic OH excluding ortho intramolecular Hbond substituents is 1. The van der Waals surface area contributed by atoms with Crippen LogP contribution in [0.25, 0.3) is 10.9 Å². The molecule has 3 rings (SSSR count). The van der Waals surface area contributed by atoms with Crippen molar-refractivity contribution in [3.8, 4) is 5.75 Å². The summed E-state index contributed by atoms with van der Waals surface area (Å²) in [4.78, 5) is 25.6. The van der Waals surface area contributed by atoms with Gasteiger partial charge in [0, 0.05) is 40.7 Å². The summed E-state index contributed by atoms with van der Waals surface area (Å²) in [6.07, 6.45) is 0.289. The maximum absolute atomic E-state index is 11.4. The second-order valence-electron chi connectivity index (χ2n) is 6.42. The van der Waals surface area contributed by atoms with Crippen LogP contribution in [0.4, 0.5) is 0 Å². The Balaban J connectivity index is 2.13. The number of carboxylic acid groups (broad SMARTS) is 2. The van der Waals surface area contributed by atoms with Crippen LogP contribution >= 0.6 is 0 Å². The monoisotopic (exact) mass is 347 g/mol. The Bertz CT molecular complexity index is 844. The van der Waals surface area contributed by atoms with Gasteiger partial charge in [0.25, 0.3) is 0 Å². The molecule has 0 bridgehead atoms. The van der Waals surface area contributed by atoms with E-state index in [0.717, 1.165) is 22.2 Å². The van der Waals surface area contributed by atoms with Gasteiger partial charge in [-0.3, -0.25) is 14.9 Å². The number of aliphatic carboxylic acids is 2. The first kappa shape index (κ1) is 17.2. The molecule has 1 aromatic carbocycles. The van der Waals surface area contributed by atoms with Gasteiger partial charge in [-0.2, -0.15) is 0 Å². The van der Waals surface area contributed by atoms with Crippen molar-refractivity contribution < 1.29 is 24.9 Å². The number of rotatable bonds is 5. The molecule has 0 saturated carbocycles. The number of fused-ring (bicyclic) bond motifs is 3. The summed E-state index contributed by atoms with van der Waals surface area (Å²) in [5.74, 6) is -1.86. The molecule has 6 N–H and O–H groups in total. The third kappa shape index (κ3) is 3.06. The van der Waals surface area contributed by atoms with E-state index < -0.39 is 24.0 Å². The van der Waals surface area contributed by atoms with E-state index in [0.29, 0.717) is 5.56 Å². The van der Waals surface area contributed by atoms with Gasteiger partial charge in [-0.05, 0) is 31.5 Å². The van der Waals surface area contributed by atoms with Gasteiger partial charge in [0.1, 0.15) is 11.8 Å². The van der Waals surface area contributed by atoms with Crippen molar-refractivity contribution in [2.45, 2.75) is 38.4 Å². The lowest BCUT2D eigenvalue weighted by atomic mass is 9.91. The lowest BCUT2D eigenvalue weighted by molar-refractivity contribution is -0.140. The smallest absolute Gasteiger partial charge is 0.321 e. The third-order valence-electron chi connectivity index (χ3n) is 4.70. The van der Waals surface area contributed by atoms with Gasteiger partial charge in [0.2, 0.25) is 0 Å². The quantitative estimate of drug-likeness (QED) is 0.479. The maximum atomic E-state index is 11.4. The Hall–Kier alpha value is -2.58. The summed E-state index contributed by atoms with van der Waals surface area (Å²) in [5.41, 5.74) is 3.12. The van der Waals surface area contributed by atoms with Gasteiger partial charge in [-0.15, -0.1) is 0 Å². The molecule has 0 aliphatic carbocycles. The standard InChI is InChI=1S/C17H21N3O5/c1-7(18-6-13(22)23)14-12(21)4-3-10-15(14)9-5-11(17(24)25)19-8(2)16(9)20-10/h3-4,7-8,11,18-21H,5-6H2,1-2H3,(H,22,23)(H,24,25)/t7-,8+,11+/m1/s1. The summed E-state index contributed by atoms with van der Waals surface area (Å²) in [5, 5.41) is 35.3. The van der Waals surface area contributed by atoms with Gasteiger partial charge < -0.3 is 25.6 Å². The minimum Gasteiger partial charge on any atom is -0.508 e. The molecule has 2 heterocycles. The molecule has 1 aromatic heterocycles. The zero-order chi connectivity index (χ0) is 18.3. The summed E-state index contributed by atoms with van der Waals surface area (Å²) < 4.78 is 0. The number of hydrogen-bond acceptors (Lipinski definition) is 5. The van der Waals surface area contributed by atoms with E-state index in [2.05, 4.69) is 15.6 Å². The Kier molecular flexibility index (Phi) is 4.40. The number of benzene rings is 1. The summed E-state index contributed by atoms with van der Waals surface area (Å²) in [6, 6.07) is 2.02. The van der Waals surface area contributed by atoms with Crippen LogP contribution in [-0.4, -0.2) is 44.8 Å². The molecule has 0 unspecified atom stereocenters. The Morgan fingerprint density at radius 2 is 2.08 bits per heavy atom. The van der Waals surface area contributed by atoms with Gasteiger partial charge in [-0.1, -0.05) is 0 Å². The Labute approximate surface area is 143 Å². The second-order valence-corrected chi connectivity index (χ2v) is 6.42. The average molecular weight is 347 g/mol. The number of nitrogens with one attached hydrogen (secondary N) is 3. The lowest BCUT2D eigenvalue weighted by Gasteiger charge is -2.27. The van der Waals surface area contributed by atoms with E-state index in [1.165, 1.54) is 0 Å². The number of aromatic nitrogens is 1. The number of phenols is 1. The van der Waals surface area contributed by atoms with Crippen LogP contribution in [0, 0.1) is 0 Å². The SMILES string of the molecule is C[C@@H]1N[C@H](C(=O)O)Cc2c1[nH]c1ccc(O)c([C@@H](C)NCC(=O)O)c21. The minimum absolute atomic E-state index is 0.0535. The van der Waals surface area contributed by atoms with Crippen LogP contribution < -0.4 is 10.6 Å². The minimum atomic E-state index is -0.988. The van der Waals surface area contributed by atoms with Gasteiger partial charge in [0.15, 0.2) is 0 Å². The molecule has 2 aromatic rings. The van der Waals surface area contributed by atoms with E-state index in [1.807, 2.05) is 6.92 Å². The van der Waals surface area contributed by atoms with E-state index >= 15 is 0 Å². The molecule has 8 heteroatoms. The van der Waals surface area contributed by atoms with E-state index in [9.17, 15) is 19.8 Å².